The second-order valence-electron chi connectivity index (χ2n) is 4.77. The van der Waals surface area contributed by atoms with Crippen molar-refractivity contribution in [2.75, 3.05) is 0 Å². The zero-order valence-electron chi connectivity index (χ0n) is 12.5. The number of nitrogens with zero attached hydrogens (tertiary/aromatic N) is 1. The van der Waals surface area contributed by atoms with E-state index in [4.69, 9.17) is 16.3 Å². The van der Waals surface area contributed by atoms with Gasteiger partial charge in [0, 0.05) is 15.1 Å². The summed E-state index contributed by atoms with van der Waals surface area (Å²) in [5.41, 5.74) is 2.81. The van der Waals surface area contributed by atoms with Crippen LogP contribution in [0.15, 0.2) is 50.4 Å². The van der Waals surface area contributed by atoms with Gasteiger partial charge in [-0.15, -0.1) is 0 Å². The highest BCUT2D eigenvalue weighted by atomic mass is 79.9. The molecular formula is C16H13Br2ClN2O3. The van der Waals surface area contributed by atoms with Crippen molar-refractivity contribution in [3.63, 3.8) is 0 Å². The van der Waals surface area contributed by atoms with E-state index in [1.54, 1.807) is 43.3 Å². The van der Waals surface area contributed by atoms with Crippen molar-refractivity contribution in [2.45, 2.75) is 13.0 Å². The molecule has 1 amide bonds. The minimum Gasteiger partial charge on any atom is -0.506 e. The van der Waals surface area contributed by atoms with Gasteiger partial charge in [-0.2, -0.15) is 5.10 Å². The molecule has 0 aliphatic carbocycles. The molecule has 0 heterocycles. The first-order valence-corrected chi connectivity index (χ1v) is 8.76. The first-order valence-electron chi connectivity index (χ1n) is 6.80. The van der Waals surface area contributed by atoms with Crippen molar-refractivity contribution in [1.82, 2.24) is 5.43 Å². The van der Waals surface area contributed by atoms with Crippen LogP contribution < -0.4 is 10.2 Å². The van der Waals surface area contributed by atoms with E-state index >= 15 is 0 Å². The Balaban J connectivity index is 1.96. The summed E-state index contributed by atoms with van der Waals surface area (Å²) in [6.45, 7) is 1.60. The molecule has 2 N–H and O–H groups in total. The molecule has 24 heavy (non-hydrogen) atoms. The lowest BCUT2D eigenvalue weighted by atomic mass is 10.2. The predicted molar refractivity (Wildman–Crippen MR) is 101 cm³/mol. The Morgan fingerprint density at radius 1 is 1.33 bits per heavy atom. The summed E-state index contributed by atoms with van der Waals surface area (Å²) < 4.78 is 6.77. The Kier molecular flexibility index (Phi) is 6.65. The summed E-state index contributed by atoms with van der Waals surface area (Å²) in [5, 5.41) is 14.3. The predicted octanol–water partition coefficient (Wildman–Crippen LogP) is 4.49. The second kappa shape index (κ2) is 8.50. The highest BCUT2D eigenvalue weighted by Gasteiger charge is 2.14. The minimum absolute atomic E-state index is 0.0293. The lowest BCUT2D eigenvalue weighted by Gasteiger charge is -2.12. The molecule has 1 atom stereocenters. The minimum atomic E-state index is -0.744. The van der Waals surface area contributed by atoms with Gasteiger partial charge in [0.25, 0.3) is 5.91 Å². The molecule has 0 fully saturated rings. The first-order chi connectivity index (χ1) is 11.4. The molecule has 2 rings (SSSR count). The van der Waals surface area contributed by atoms with Crippen LogP contribution in [-0.2, 0) is 4.79 Å². The number of carbonyl (C=O) groups excluding carboxylic acids is 1. The molecule has 5 nitrogen and oxygen atoms in total. The summed E-state index contributed by atoms with van der Waals surface area (Å²) in [6.07, 6.45) is 0.601. The SMILES string of the molecule is CC(Oc1ccc(Cl)cc1)C(=O)N/N=C\c1cc(Br)cc(Br)c1O. The van der Waals surface area contributed by atoms with Gasteiger partial charge in [0.2, 0.25) is 0 Å². The van der Waals surface area contributed by atoms with Crippen molar-refractivity contribution in [3.05, 3.63) is 55.9 Å². The second-order valence-corrected chi connectivity index (χ2v) is 6.98. The monoisotopic (exact) mass is 474 g/mol. The van der Waals surface area contributed by atoms with E-state index in [-0.39, 0.29) is 5.75 Å². The molecule has 0 bridgehead atoms. The summed E-state index contributed by atoms with van der Waals surface area (Å²) in [6, 6.07) is 10.1. The Labute approximate surface area is 160 Å². The van der Waals surface area contributed by atoms with Gasteiger partial charge in [-0.25, -0.2) is 5.43 Å². The zero-order valence-corrected chi connectivity index (χ0v) is 16.4. The largest absolute Gasteiger partial charge is 0.506 e. The molecule has 0 aromatic heterocycles. The maximum Gasteiger partial charge on any atom is 0.280 e. The number of hydrogen-bond acceptors (Lipinski definition) is 4. The number of halogens is 3. The molecule has 0 saturated heterocycles. The van der Waals surface area contributed by atoms with E-state index in [1.165, 1.54) is 6.21 Å². The van der Waals surface area contributed by atoms with Crippen molar-refractivity contribution in [3.8, 4) is 11.5 Å². The van der Waals surface area contributed by atoms with Gasteiger partial charge in [-0.05, 0) is 59.3 Å². The Morgan fingerprint density at radius 2 is 2.00 bits per heavy atom. The van der Waals surface area contributed by atoms with Crippen molar-refractivity contribution in [2.24, 2.45) is 5.10 Å². The van der Waals surface area contributed by atoms with Crippen LogP contribution in [0.5, 0.6) is 11.5 Å². The maximum atomic E-state index is 12.0. The summed E-state index contributed by atoms with van der Waals surface area (Å²) >= 11 is 12.3. The van der Waals surface area contributed by atoms with Crippen LogP contribution in [0, 0.1) is 0 Å². The van der Waals surface area contributed by atoms with Gasteiger partial charge < -0.3 is 9.84 Å². The number of benzene rings is 2. The molecule has 126 valence electrons. The Bertz CT molecular complexity index is 767. The number of phenolic OH excluding ortho intramolecular Hbond substituents is 1. The molecule has 0 radical (unpaired) electrons. The molecule has 0 aliphatic rings. The normalized spacial score (nSPS) is 12.2. The van der Waals surface area contributed by atoms with Crippen LogP contribution in [0.2, 0.25) is 5.02 Å². The molecule has 1 unspecified atom stereocenters. The van der Waals surface area contributed by atoms with Gasteiger partial charge in [0.05, 0.1) is 10.7 Å². The lowest BCUT2D eigenvalue weighted by molar-refractivity contribution is -0.127. The van der Waals surface area contributed by atoms with Crippen LogP contribution >= 0.6 is 43.5 Å². The fourth-order valence-corrected chi connectivity index (χ4v) is 3.10. The topological polar surface area (TPSA) is 70.9 Å². The number of nitrogens with one attached hydrogen (secondary N) is 1. The third-order valence-electron chi connectivity index (χ3n) is 2.93. The summed E-state index contributed by atoms with van der Waals surface area (Å²) in [4.78, 5) is 12.0. The van der Waals surface area contributed by atoms with Crippen molar-refractivity contribution >= 4 is 55.6 Å². The van der Waals surface area contributed by atoms with Crippen LogP contribution in [0.1, 0.15) is 12.5 Å². The lowest BCUT2D eigenvalue weighted by Crippen LogP contribution is -2.33. The standard InChI is InChI=1S/C16H13Br2ClN2O3/c1-9(24-13-4-2-12(19)3-5-13)16(23)21-20-8-10-6-11(17)7-14(18)15(10)22/h2-9,22H,1H3,(H,21,23)/b20-8-. The number of hydrazone groups is 1. The van der Waals surface area contributed by atoms with E-state index in [0.717, 1.165) is 4.47 Å². The fraction of sp³-hybridized carbons (Fsp3) is 0.125. The van der Waals surface area contributed by atoms with Gasteiger partial charge in [-0.3, -0.25) is 4.79 Å². The van der Waals surface area contributed by atoms with E-state index in [1.807, 2.05) is 0 Å². The number of phenols is 1. The van der Waals surface area contributed by atoms with Gasteiger partial charge in [0.1, 0.15) is 11.5 Å². The Morgan fingerprint density at radius 3 is 2.67 bits per heavy atom. The number of amides is 1. The van der Waals surface area contributed by atoms with Gasteiger partial charge in [0.15, 0.2) is 6.10 Å². The molecule has 0 saturated carbocycles. The average Bonchev–Trinajstić information content (AvgIpc) is 2.53. The fourth-order valence-electron chi connectivity index (χ4n) is 1.71. The van der Waals surface area contributed by atoms with E-state index in [2.05, 4.69) is 42.4 Å². The summed E-state index contributed by atoms with van der Waals surface area (Å²) in [5.74, 6) is 0.135. The van der Waals surface area contributed by atoms with E-state index in [0.29, 0.717) is 20.8 Å². The highest BCUT2D eigenvalue weighted by Crippen LogP contribution is 2.30. The number of hydrogen-bond donors (Lipinski definition) is 2. The van der Waals surface area contributed by atoms with Gasteiger partial charge in [-0.1, -0.05) is 27.5 Å². The Hall–Kier alpha value is -1.57. The van der Waals surface area contributed by atoms with Crippen LogP contribution in [0.25, 0.3) is 0 Å². The molecule has 8 heteroatoms. The molecule has 0 aliphatic heterocycles. The smallest absolute Gasteiger partial charge is 0.280 e. The highest BCUT2D eigenvalue weighted by molar-refractivity contribution is 9.11. The van der Waals surface area contributed by atoms with Crippen LogP contribution in [0.3, 0.4) is 0 Å². The van der Waals surface area contributed by atoms with E-state index in [9.17, 15) is 9.90 Å². The zero-order chi connectivity index (χ0) is 17.7. The number of aromatic hydroxyl groups is 1. The number of carbonyl (C=O) groups is 1. The molecule has 2 aromatic rings. The molecule has 0 spiro atoms. The van der Waals surface area contributed by atoms with Crippen molar-refractivity contribution < 1.29 is 14.6 Å². The number of rotatable bonds is 5. The molecular weight excluding hydrogens is 463 g/mol. The van der Waals surface area contributed by atoms with Crippen LogP contribution in [0.4, 0.5) is 0 Å². The average molecular weight is 477 g/mol. The van der Waals surface area contributed by atoms with Gasteiger partial charge >= 0.3 is 0 Å². The summed E-state index contributed by atoms with van der Waals surface area (Å²) in [7, 11) is 0. The van der Waals surface area contributed by atoms with E-state index < -0.39 is 12.0 Å². The third kappa shape index (κ3) is 5.22. The van der Waals surface area contributed by atoms with Crippen molar-refractivity contribution in [1.29, 1.82) is 0 Å². The van der Waals surface area contributed by atoms with Crippen LogP contribution in [-0.4, -0.2) is 23.3 Å². The molecule has 2 aromatic carbocycles. The quantitative estimate of drug-likeness (QED) is 0.494. The maximum absolute atomic E-state index is 12.0. The third-order valence-corrected chi connectivity index (χ3v) is 4.25. The number of ether oxygens (including phenoxy) is 1. The first kappa shape index (κ1) is 18.8.